The summed E-state index contributed by atoms with van der Waals surface area (Å²) in [7, 11) is 0. The molecule has 0 aliphatic heterocycles. The van der Waals surface area contributed by atoms with Crippen molar-refractivity contribution in [2.75, 3.05) is 13.2 Å². The van der Waals surface area contributed by atoms with Gasteiger partial charge in [0.2, 0.25) is 5.75 Å². The molecule has 0 unspecified atom stereocenters. The summed E-state index contributed by atoms with van der Waals surface area (Å²) in [6, 6.07) is 4.48. The molecular formula is C25H34N2O5. The van der Waals surface area contributed by atoms with Crippen LogP contribution in [0.25, 0.3) is 10.9 Å². The van der Waals surface area contributed by atoms with Gasteiger partial charge in [-0.25, -0.2) is 0 Å². The number of hydrogen-bond acceptors (Lipinski definition) is 5. The molecule has 1 aromatic heterocycles. The lowest BCUT2D eigenvalue weighted by Gasteiger charge is -2.17. The van der Waals surface area contributed by atoms with Gasteiger partial charge in [0.25, 0.3) is 11.2 Å². The first kappa shape index (κ1) is 25.2. The first-order chi connectivity index (χ1) is 15.3. The average Bonchev–Trinajstić information content (AvgIpc) is 2.75. The van der Waals surface area contributed by atoms with E-state index >= 15 is 0 Å². The van der Waals surface area contributed by atoms with E-state index < -0.39 is 4.92 Å². The standard InChI is InChI=1S/C25H34N2O5/c1-6-8-15-31-23-21-13-12-20(27(29)30)17-22(21)26(7-2)25(28)24(23)32-16-14-19(5)11-9-10-18(3)4/h10,12-14,17H,6-9,11,15-16H2,1-5H3. The van der Waals surface area contributed by atoms with Crippen molar-refractivity contribution >= 4 is 16.6 Å². The van der Waals surface area contributed by atoms with Crippen LogP contribution >= 0.6 is 0 Å². The molecule has 0 bridgehead atoms. The minimum atomic E-state index is -0.464. The number of ether oxygens (including phenoxy) is 2. The van der Waals surface area contributed by atoms with Gasteiger partial charge in [-0.3, -0.25) is 14.9 Å². The summed E-state index contributed by atoms with van der Waals surface area (Å²) in [5.41, 5.74) is 2.53. The third kappa shape index (κ3) is 6.45. The summed E-state index contributed by atoms with van der Waals surface area (Å²) in [4.78, 5) is 24.0. The first-order valence-electron chi connectivity index (χ1n) is 11.2. The summed E-state index contributed by atoms with van der Waals surface area (Å²) in [5.74, 6) is 0.506. The van der Waals surface area contributed by atoms with E-state index in [1.165, 1.54) is 27.8 Å². The number of nitro groups is 1. The Morgan fingerprint density at radius 2 is 1.88 bits per heavy atom. The number of pyridine rings is 1. The molecule has 0 N–H and O–H groups in total. The second-order valence-corrected chi connectivity index (χ2v) is 8.05. The molecule has 0 aliphatic rings. The van der Waals surface area contributed by atoms with Crippen molar-refractivity contribution in [1.82, 2.24) is 4.57 Å². The maximum atomic E-state index is 13.2. The van der Waals surface area contributed by atoms with Gasteiger partial charge in [-0.1, -0.05) is 30.6 Å². The summed E-state index contributed by atoms with van der Waals surface area (Å²) in [5, 5.41) is 11.9. The summed E-state index contributed by atoms with van der Waals surface area (Å²) >= 11 is 0. The number of non-ortho nitro benzene ring substituents is 1. The van der Waals surface area contributed by atoms with Crippen molar-refractivity contribution in [3.63, 3.8) is 0 Å². The van der Waals surface area contributed by atoms with Crippen molar-refractivity contribution in [3.8, 4) is 11.5 Å². The molecule has 7 heteroatoms. The van der Waals surface area contributed by atoms with Crippen LogP contribution in [0.5, 0.6) is 11.5 Å². The fourth-order valence-corrected chi connectivity index (χ4v) is 3.36. The summed E-state index contributed by atoms with van der Waals surface area (Å²) in [6.07, 6.45) is 7.83. The topological polar surface area (TPSA) is 83.6 Å². The van der Waals surface area contributed by atoms with Crippen molar-refractivity contribution in [1.29, 1.82) is 0 Å². The third-order valence-electron chi connectivity index (χ3n) is 5.18. The Bertz CT molecular complexity index is 1060. The highest BCUT2D eigenvalue weighted by Gasteiger charge is 2.21. The lowest BCUT2D eigenvalue weighted by Crippen LogP contribution is -2.23. The zero-order valence-corrected chi connectivity index (χ0v) is 19.8. The number of fused-ring (bicyclic) bond motifs is 1. The number of aryl methyl sites for hydroxylation is 1. The molecule has 0 radical (unpaired) electrons. The van der Waals surface area contributed by atoms with E-state index in [0.717, 1.165) is 25.7 Å². The van der Waals surface area contributed by atoms with Crippen LogP contribution in [0.3, 0.4) is 0 Å². The normalized spacial score (nSPS) is 11.5. The molecule has 2 rings (SSSR count). The van der Waals surface area contributed by atoms with Crippen molar-refractivity contribution in [2.24, 2.45) is 0 Å². The second-order valence-electron chi connectivity index (χ2n) is 8.05. The van der Waals surface area contributed by atoms with Crippen LogP contribution in [-0.4, -0.2) is 22.7 Å². The van der Waals surface area contributed by atoms with E-state index in [1.807, 2.05) is 19.9 Å². The van der Waals surface area contributed by atoms with E-state index in [1.54, 1.807) is 6.07 Å². The molecule has 0 atom stereocenters. The van der Waals surface area contributed by atoms with Gasteiger partial charge in [0.15, 0.2) is 5.75 Å². The Kier molecular flexibility index (Phi) is 9.50. The molecule has 0 amide bonds. The van der Waals surface area contributed by atoms with Crippen LogP contribution in [0.4, 0.5) is 5.69 Å². The van der Waals surface area contributed by atoms with E-state index in [9.17, 15) is 14.9 Å². The Labute approximate surface area is 189 Å². The zero-order chi connectivity index (χ0) is 23.7. The number of nitro benzene ring substituents is 1. The number of benzene rings is 1. The van der Waals surface area contributed by atoms with Crippen LogP contribution in [0.2, 0.25) is 0 Å². The smallest absolute Gasteiger partial charge is 0.297 e. The van der Waals surface area contributed by atoms with Crippen LogP contribution in [0.1, 0.15) is 60.3 Å². The number of unbranched alkanes of at least 4 members (excludes halogenated alkanes) is 1. The SMILES string of the molecule is CCCCOc1c(OCC=C(C)CCC=C(C)C)c(=O)n(CC)c2cc([N+](=O)[O-])ccc12. The monoisotopic (exact) mass is 442 g/mol. The third-order valence-corrected chi connectivity index (χ3v) is 5.18. The van der Waals surface area contributed by atoms with Gasteiger partial charge in [-0.15, -0.1) is 0 Å². The summed E-state index contributed by atoms with van der Waals surface area (Å²) < 4.78 is 13.4. The molecule has 1 aromatic carbocycles. The average molecular weight is 443 g/mol. The molecule has 0 fully saturated rings. The first-order valence-corrected chi connectivity index (χ1v) is 11.2. The molecule has 0 aliphatic carbocycles. The second kappa shape index (κ2) is 12.1. The molecule has 7 nitrogen and oxygen atoms in total. The maximum Gasteiger partial charge on any atom is 0.297 e. The lowest BCUT2D eigenvalue weighted by molar-refractivity contribution is -0.384. The quantitative estimate of drug-likeness (QED) is 0.170. The van der Waals surface area contributed by atoms with Crippen LogP contribution in [0.15, 0.2) is 46.3 Å². The van der Waals surface area contributed by atoms with Gasteiger partial charge in [0.05, 0.1) is 17.0 Å². The molecular weight excluding hydrogens is 408 g/mol. The van der Waals surface area contributed by atoms with Crippen LogP contribution < -0.4 is 15.0 Å². The van der Waals surface area contributed by atoms with E-state index in [0.29, 0.717) is 29.8 Å². The Morgan fingerprint density at radius 1 is 1.12 bits per heavy atom. The largest absolute Gasteiger partial charge is 0.489 e. The predicted molar refractivity (Wildman–Crippen MR) is 129 cm³/mol. The van der Waals surface area contributed by atoms with E-state index in [2.05, 4.69) is 26.8 Å². The lowest BCUT2D eigenvalue weighted by atomic mass is 10.1. The Morgan fingerprint density at radius 3 is 2.50 bits per heavy atom. The van der Waals surface area contributed by atoms with E-state index in [4.69, 9.17) is 9.47 Å². The molecule has 2 aromatic rings. The van der Waals surface area contributed by atoms with Crippen molar-refractivity contribution in [2.45, 2.75) is 66.8 Å². The molecule has 1 heterocycles. The van der Waals surface area contributed by atoms with Crippen molar-refractivity contribution in [3.05, 3.63) is 62.0 Å². The number of rotatable bonds is 12. The fraction of sp³-hybridized carbons (Fsp3) is 0.480. The van der Waals surface area contributed by atoms with Gasteiger partial charge in [0, 0.05) is 24.1 Å². The molecule has 174 valence electrons. The minimum Gasteiger partial charge on any atom is -0.489 e. The molecule has 32 heavy (non-hydrogen) atoms. The van der Waals surface area contributed by atoms with Crippen molar-refractivity contribution < 1.29 is 14.4 Å². The number of hydrogen-bond donors (Lipinski definition) is 0. The highest BCUT2D eigenvalue weighted by Crippen LogP contribution is 2.35. The molecule has 0 saturated heterocycles. The van der Waals surface area contributed by atoms with Gasteiger partial charge < -0.3 is 14.0 Å². The van der Waals surface area contributed by atoms with Gasteiger partial charge >= 0.3 is 0 Å². The van der Waals surface area contributed by atoms with Crippen LogP contribution in [-0.2, 0) is 6.54 Å². The van der Waals surface area contributed by atoms with Gasteiger partial charge in [-0.05, 0) is 59.1 Å². The maximum absolute atomic E-state index is 13.2. The number of nitrogens with zero attached hydrogens (tertiary/aromatic N) is 2. The van der Waals surface area contributed by atoms with E-state index in [-0.39, 0.29) is 23.6 Å². The zero-order valence-electron chi connectivity index (χ0n) is 19.8. The summed E-state index contributed by atoms with van der Waals surface area (Å²) in [6.45, 7) is 11.1. The highest BCUT2D eigenvalue weighted by atomic mass is 16.6. The predicted octanol–water partition coefficient (Wildman–Crippen LogP) is 6.18. The van der Waals surface area contributed by atoms with Gasteiger partial charge in [0.1, 0.15) is 6.61 Å². The fourth-order valence-electron chi connectivity index (χ4n) is 3.36. The molecule has 0 spiro atoms. The highest BCUT2D eigenvalue weighted by molar-refractivity contribution is 5.89. The molecule has 0 saturated carbocycles. The minimum absolute atomic E-state index is 0.0674. The van der Waals surface area contributed by atoms with Gasteiger partial charge in [-0.2, -0.15) is 0 Å². The Hall–Kier alpha value is -3.09. The number of aromatic nitrogens is 1. The van der Waals surface area contributed by atoms with Crippen LogP contribution in [0, 0.1) is 10.1 Å². The Balaban J connectivity index is 2.45. The number of allylic oxidation sites excluding steroid dienone is 3.